The van der Waals surface area contributed by atoms with E-state index in [2.05, 4.69) is 23.2 Å². The molecular weight excluding hydrogens is 170 g/mol. The molecule has 0 aliphatic heterocycles. The number of nitrogens with one attached hydrogen (secondary N) is 1. The first-order valence-electron chi connectivity index (χ1n) is 3.90. The van der Waals surface area contributed by atoms with Gasteiger partial charge in [0, 0.05) is 7.05 Å². The lowest BCUT2D eigenvalue weighted by Crippen LogP contribution is -2.21. The minimum absolute atomic E-state index is 0.200. The molecule has 74 valence electrons. The van der Waals surface area contributed by atoms with Crippen LogP contribution >= 0.6 is 0 Å². The van der Waals surface area contributed by atoms with E-state index in [1.54, 1.807) is 6.92 Å². The van der Waals surface area contributed by atoms with Gasteiger partial charge in [-0.15, -0.1) is 0 Å². The Labute approximate surface area is 78.2 Å². The minimum atomic E-state index is -0.468. The molecule has 13 heavy (non-hydrogen) atoms. The van der Waals surface area contributed by atoms with E-state index in [1.807, 2.05) is 0 Å². The molecular formula is C9H15NO3. The molecule has 1 amide bonds. The summed E-state index contributed by atoms with van der Waals surface area (Å²) in [7, 11) is 1.50. The first-order valence-corrected chi connectivity index (χ1v) is 3.90. The summed E-state index contributed by atoms with van der Waals surface area (Å²) in [5, 5.41) is 2.32. The predicted molar refractivity (Wildman–Crippen MR) is 50.3 cm³/mol. The SMILES string of the molecule is C=C(C)C(=C)OCCOC(=O)NC. The largest absolute Gasteiger partial charge is 0.490 e. The van der Waals surface area contributed by atoms with Crippen LogP contribution in [0, 0.1) is 0 Å². The molecule has 0 atom stereocenters. The number of hydrogen-bond donors (Lipinski definition) is 1. The van der Waals surface area contributed by atoms with Crippen molar-refractivity contribution in [3.8, 4) is 0 Å². The summed E-state index contributed by atoms with van der Waals surface area (Å²) in [5.41, 5.74) is 0.764. The van der Waals surface area contributed by atoms with Gasteiger partial charge in [0.15, 0.2) is 0 Å². The van der Waals surface area contributed by atoms with Crippen molar-refractivity contribution in [2.45, 2.75) is 6.92 Å². The lowest BCUT2D eigenvalue weighted by atomic mass is 10.3. The van der Waals surface area contributed by atoms with E-state index in [0.717, 1.165) is 5.57 Å². The van der Waals surface area contributed by atoms with Gasteiger partial charge in [0.1, 0.15) is 19.0 Å². The number of ether oxygens (including phenoxy) is 2. The van der Waals surface area contributed by atoms with Crippen molar-refractivity contribution in [1.82, 2.24) is 5.32 Å². The first kappa shape index (κ1) is 11.6. The van der Waals surface area contributed by atoms with Gasteiger partial charge in [0.25, 0.3) is 0 Å². The zero-order valence-corrected chi connectivity index (χ0v) is 8.05. The van der Waals surface area contributed by atoms with Gasteiger partial charge in [-0.05, 0) is 12.5 Å². The first-order chi connectivity index (χ1) is 6.07. The van der Waals surface area contributed by atoms with Crippen LogP contribution in [0.3, 0.4) is 0 Å². The molecule has 0 saturated heterocycles. The van der Waals surface area contributed by atoms with Crippen molar-refractivity contribution < 1.29 is 14.3 Å². The van der Waals surface area contributed by atoms with Gasteiger partial charge >= 0.3 is 6.09 Å². The number of rotatable bonds is 5. The van der Waals surface area contributed by atoms with Crippen molar-refractivity contribution in [3.63, 3.8) is 0 Å². The van der Waals surface area contributed by atoms with Crippen molar-refractivity contribution in [2.75, 3.05) is 20.3 Å². The average molecular weight is 185 g/mol. The number of amides is 1. The minimum Gasteiger partial charge on any atom is -0.490 e. The number of allylic oxidation sites excluding steroid dienone is 1. The summed E-state index contributed by atoms with van der Waals surface area (Å²) in [6.45, 7) is 9.54. The molecule has 0 aliphatic rings. The fourth-order valence-corrected chi connectivity index (χ4v) is 0.495. The van der Waals surface area contributed by atoms with Crippen LogP contribution < -0.4 is 5.32 Å². The number of carbonyl (C=O) groups is 1. The molecule has 4 heteroatoms. The summed E-state index contributed by atoms with van der Waals surface area (Å²) in [5.74, 6) is 0.514. The lowest BCUT2D eigenvalue weighted by molar-refractivity contribution is 0.107. The van der Waals surface area contributed by atoms with Crippen LogP contribution in [0.4, 0.5) is 4.79 Å². The van der Waals surface area contributed by atoms with Crippen LogP contribution in [0.5, 0.6) is 0 Å². The van der Waals surface area contributed by atoms with Gasteiger partial charge in [-0.25, -0.2) is 4.79 Å². The average Bonchev–Trinajstić information content (AvgIpc) is 2.11. The number of alkyl carbamates (subject to hydrolysis) is 1. The Morgan fingerprint density at radius 3 is 2.31 bits per heavy atom. The fraction of sp³-hybridized carbons (Fsp3) is 0.444. The Morgan fingerprint density at radius 2 is 1.85 bits per heavy atom. The van der Waals surface area contributed by atoms with Crippen LogP contribution in [0.2, 0.25) is 0 Å². The molecule has 1 N–H and O–H groups in total. The maximum atomic E-state index is 10.6. The zero-order valence-electron chi connectivity index (χ0n) is 8.05. The highest BCUT2D eigenvalue weighted by Gasteiger charge is 1.98. The standard InChI is InChI=1S/C9H15NO3/c1-7(2)8(3)12-5-6-13-9(11)10-4/h1,3,5-6H2,2,4H3,(H,10,11). The van der Waals surface area contributed by atoms with Crippen LogP contribution in [0.1, 0.15) is 6.92 Å². The molecule has 4 nitrogen and oxygen atoms in total. The van der Waals surface area contributed by atoms with Crippen molar-refractivity contribution in [3.05, 3.63) is 24.5 Å². The number of carbonyl (C=O) groups excluding carboxylic acids is 1. The molecule has 0 bridgehead atoms. The van der Waals surface area contributed by atoms with Crippen molar-refractivity contribution in [2.24, 2.45) is 0 Å². The van der Waals surface area contributed by atoms with Crippen LogP contribution in [0.25, 0.3) is 0 Å². The molecule has 0 aromatic carbocycles. The molecule has 0 radical (unpaired) electrons. The van der Waals surface area contributed by atoms with Crippen molar-refractivity contribution >= 4 is 6.09 Å². The highest BCUT2D eigenvalue weighted by molar-refractivity contribution is 5.66. The van der Waals surface area contributed by atoms with E-state index in [9.17, 15) is 4.79 Å². The highest BCUT2D eigenvalue weighted by atomic mass is 16.6. The summed E-state index contributed by atoms with van der Waals surface area (Å²) < 4.78 is 9.77. The molecule has 0 spiro atoms. The van der Waals surface area contributed by atoms with E-state index < -0.39 is 6.09 Å². The summed E-state index contributed by atoms with van der Waals surface area (Å²) in [6, 6.07) is 0. The smallest absolute Gasteiger partial charge is 0.406 e. The Kier molecular flexibility index (Phi) is 5.43. The van der Waals surface area contributed by atoms with Crippen LogP contribution in [0.15, 0.2) is 24.5 Å². The zero-order chi connectivity index (χ0) is 10.3. The van der Waals surface area contributed by atoms with E-state index in [4.69, 9.17) is 4.74 Å². The second kappa shape index (κ2) is 6.11. The predicted octanol–water partition coefficient (Wildman–Crippen LogP) is 1.45. The molecule has 0 aromatic rings. The third-order valence-electron chi connectivity index (χ3n) is 1.27. The second-order valence-electron chi connectivity index (χ2n) is 2.44. The van der Waals surface area contributed by atoms with Gasteiger partial charge in [0.05, 0.1) is 0 Å². The number of hydrogen-bond acceptors (Lipinski definition) is 3. The third-order valence-corrected chi connectivity index (χ3v) is 1.27. The van der Waals surface area contributed by atoms with Crippen LogP contribution in [-0.4, -0.2) is 26.4 Å². The summed E-state index contributed by atoms with van der Waals surface area (Å²) in [6.07, 6.45) is -0.468. The van der Waals surface area contributed by atoms with E-state index >= 15 is 0 Å². The molecule has 0 rings (SSSR count). The normalized spacial score (nSPS) is 8.77. The van der Waals surface area contributed by atoms with Crippen LogP contribution in [-0.2, 0) is 9.47 Å². The Balaban J connectivity index is 3.41. The Bertz CT molecular complexity index is 211. The molecule has 0 heterocycles. The lowest BCUT2D eigenvalue weighted by Gasteiger charge is -2.08. The van der Waals surface area contributed by atoms with E-state index in [0.29, 0.717) is 12.4 Å². The summed E-state index contributed by atoms with van der Waals surface area (Å²) in [4.78, 5) is 10.6. The topological polar surface area (TPSA) is 47.6 Å². The highest BCUT2D eigenvalue weighted by Crippen LogP contribution is 2.04. The van der Waals surface area contributed by atoms with Gasteiger partial charge in [-0.2, -0.15) is 0 Å². The molecule has 0 saturated carbocycles. The van der Waals surface area contributed by atoms with E-state index in [-0.39, 0.29) is 6.61 Å². The fourth-order valence-electron chi connectivity index (χ4n) is 0.495. The molecule has 0 fully saturated rings. The Hall–Kier alpha value is -1.45. The molecule has 0 unspecified atom stereocenters. The third kappa shape index (κ3) is 5.78. The van der Waals surface area contributed by atoms with Crippen molar-refractivity contribution in [1.29, 1.82) is 0 Å². The van der Waals surface area contributed by atoms with Gasteiger partial charge < -0.3 is 14.8 Å². The van der Waals surface area contributed by atoms with Gasteiger partial charge in [-0.1, -0.05) is 13.2 Å². The Morgan fingerprint density at radius 1 is 1.31 bits per heavy atom. The van der Waals surface area contributed by atoms with Gasteiger partial charge in [0.2, 0.25) is 0 Å². The van der Waals surface area contributed by atoms with Gasteiger partial charge in [-0.3, -0.25) is 0 Å². The quantitative estimate of drug-likeness (QED) is 0.400. The maximum Gasteiger partial charge on any atom is 0.406 e. The molecule has 0 aliphatic carbocycles. The van der Waals surface area contributed by atoms with E-state index in [1.165, 1.54) is 7.05 Å². The maximum absolute atomic E-state index is 10.6. The summed E-state index contributed by atoms with van der Waals surface area (Å²) >= 11 is 0. The molecule has 0 aromatic heterocycles. The monoisotopic (exact) mass is 185 g/mol. The second-order valence-corrected chi connectivity index (χ2v) is 2.44.